The molecule has 4 nitrogen and oxygen atoms in total. The van der Waals surface area contributed by atoms with Crippen LogP contribution in [0.15, 0.2) is 76.4 Å². The minimum atomic E-state index is -4.37. The van der Waals surface area contributed by atoms with Gasteiger partial charge in [-0.15, -0.1) is 11.8 Å². The van der Waals surface area contributed by atoms with Crippen LogP contribution in [0.25, 0.3) is 22.4 Å². The van der Waals surface area contributed by atoms with Crippen LogP contribution in [0.1, 0.15) is 17.0 Å². The molecule has 0 saturated carbocycles. The first-order valence-electron chi connectivity index (χ1n) is 9.43. The average molecular weight is 444 g/mol. The zero-order chi connectivity index (χ0) is 22.2. The molecule has 2 aromatic heterocycles. The summed E-state index contributed by atoms with van der Waals surface area (Å²) in [7, 11) is 0. The Bertz CT molecular complexity index is 1240. The molecule has 31 heavy (non-hydrogen) atoms. The highest BCUT2D eigenvalue weighted by Crippen LogP contribution is 2.33. The molecule has 0 unspecified atom stereocenters. The van der Waals surface area contributed by atoms with E-state index in [4.69, 9.17) is 4.42 Å². The topological polar surface area (TPSA) is 51.2 Å². The maximum absolute atomic E-state index is 12.7. The average Bonchev–Trinajstić information content (AvgIpc) is 3.28. The van der Waals surface area contributed by atoms with Gasteiger partial charge >= 0.3 is 6.18 Å². The van der Waals surface area contributed by atoms with Crippen LogP contribution in [0, 0.1) is 6.92 Å². The molecular weight excluding hydrogens is 425 g/mol. The Hall–Kier alpha value is -3.13. The predicted octanol–water partition coefficient (Wildman–Crippen LogP) is 6.99. The maximum atomic E-state index is 12.7. The molecule has 4 rings (SSSR count). The van der Waals surface area contributed by atoms with Crippen molar-refractivity contribution in [2.45, 2.75) is 30.3 Å². The summed E-state index contributed by atoms with van der Waals surface area (Å²) < 4.78 is 46.0. The van der Waals surface area contributed by atoms with Crippen molar-refractivity contribution in [2.24, 2.45) is 0 Å². The summed E-state index contributed by atoms with van der Waals surface area (Å²) in [6.07, 6.45) is -2.47. The van der Waals surface area contributed by atoms with Gasteiger partial charge in [-0.1, -0.05) is 6.58 Å². The third-order valence-electron chi connectivity index (χ3n) is 4.82. The zero-order valence-corrected chi connectivity index (χ0v) is 17.4. The normalized spacial score (nSPS) is 11.9. The highest BCUT2D eigenvalue weighted by Gasteiger charge is 2.30. The first-order chi connectivity index (χ1) is 14.7. The largest absolute Gasteiger partial charge is 0.511 e. The Labute approximate surface area is 181 Å². The fourth-order valence-corrected chi connectivity index (χ4v) is 4.18. The van der Waals surface area contributed by atoms with Crippen LogP contribution in [0.3, 0.4) is 0 Å². The quantitative estimate of drug-likeness (QED) is 0.257. The van der Waals surface area contributed by atoms with E-state index in [0.717, 1.165) is 27.9 Å². The molecule has 0 fully saturated rings. The van der Waals surface area contributed by atoms with Gasteiger partial charge in [0.2, 0.25) is 5.89 Å². The third kappa shape index (κ3) is 4.64. The molecule has 2 aromatic carbocycles. The molecule has 0 radical (unpaired) electrons. The lowest BCUT2D eigenvalue weighted by Crippen LogP contribution is -2.03. The number of hydrogen-bond acceptors (Lipinski definition) is 4. The molecule has 2 heterocycles. The molecule has 8 heteroatoms. The molecule has 4 aromatic rings. The van der Waals surface area contributed by atoms with Crippen LogP contribution in [0.2, 0.25) is 0 Å². The van der Waals surface area contributed by atoms with Crippen LogP contribution in [-0.4, -0.2) is 14.7 Å². The molecular formula is C23H19F3N2O2S. The molecule has 0 aliphatic heterocycles. The van der Waals surface area contributed by atoms with Crippen molar-refractivity contribution in [1.29, 1.82) is 0 Å². The van der Waals surface area contributed by atoms with Crippen LogP contribution >= 0.6 is 11.8 Å². The SMILES string of the molecule is C=C(O)Cn1ccc2cc(SCc3oc(-c4ccc(C(F)(F)F)cc4)nc3C)ccc21. The second-order valence-corrected chi connectivity index (χ2v) is 8.17. The van der Waals surface area contributed by atoms with E-state index in [2.05, 4.69) is 17.6 Å². The highest BCUT2D eigenvalue weighted by molar-refractivity contribution is 7.98. The molecule has 0 bridgehead atoms. The number of oxazole rings is 1. The van der Waals surface area contributed by atoms with Gasteiger partial charge in [-0.25, -0.2) is 4.98 Å². The summed E-state index contributed by atoms with van der Waals surface area (Å²) in [5.41, 5.74) is 1.50. The van der Waals surface area contributed by atoms with Crippen molar-refractivity contribution in [2.75, 3.05) is 0 Å². The lowest BCUT2D eigenvalue weighted by molar-refractivity contribution is -0.137. The van der Waals surface area contributed by atoms with Gasteiger partial charge in [0.1, 0.15) is 11.5 Å². The summed E-state index contributed by atoms with van der Waals surface area (Å²) in [6, 6.07) is 12.8. The van der Waals surface area contributed by atoms with E-state index in [1.807, 2.05) is 35.9 Å². The van der Waals surface area contributed by atoms with Gasteiger partial charge in [0.05, 0.1) is 23.6 Å². The number of fused-ring (bicyclic) bond motifs is 1. The summed E-state index contributed by atoms with van der Waals surface area (Å²) >= 11 is 1.58. The number of hydrogen-bond donors (Lipinski definition) is 1. The van der Waals surface area contributed by atoms with Crippen LogP contribution in [-0.2, 0) is 18.5 Å². The number of alkyl halides is 3. The summed E-state index contributed by atoms with van der Waals surface area (Å²) in [5.74, 6) is 1.62. The van der Waals surface area contributed by atoms with E-state index in [1.165, 1.54) is 12.1 Å². The minimum absolute atomic E-state index is 0.0978. The number of nitrogens with zero attached hydrogens (tertiary/aromatic N) is 2. The fraction of sp³-hybridized carbons (Fsp3) is 0.174. The molecule has 160 valence electrons. The van der Waals surface area contributed by atoms with E-state index < -0.39 is 11.7 Å². The Kier molecular flexibility index (Phi) is 5.58. The standard InChI is InChI=1S/C23H19F3N2O2S/c1-14(29)12-28-10-9-17-11-19(7-8-20(17)28)31-13-21-15(2)27-22(30-21)16-3-5-18(6-4-16)23(24,25)26/h3-11,29H,1,12-13H2,2H3. The molecule has 0 saturated heterocycles. The fourth-order valence-electron chi connectivity index (χ4n) is 3.24. The monoisotopic (exact) mass is 444 g/mol. The summed E-state index contributed by atoms with van der Waals surface area (Å²) in [6.45, 7) is 5.69. The molecule has 0 amide bonds. The van der Waals surface area contributed by atoms with E-state index in [0.29, 0.717) is 35.2 Å². The number of aromatic nitrogens is 2. The van der Waals surface area contributed by atoms with Gasteiger partial charge in [-0.3, -0.25) is 0 Å². The van der Waals surface area contributed by atoms with Crippen molar-refractivity contribution in [3.05, 3.63) is 84.1 Å². The Morgan fingerprint density at radius 2 is 1.90 bits per heavy atom. The Morgan fingerprint density at radius 1 is 1.16 bits per heavy atom. The van der Waals surface area contributed by atoms with E-state index >= 15 is 0 Å². The van der Waals surface area contributed by atoms with Crippen molar-refractivity contribution >= 4 is 22.7 Å². The Balaban J connectivity index is 1.48. The van der Waals surface area contributed by atoms with E-state index in [1.54, 1.807) is 11.8 Å². The summed E-state index contributed by atoms with van der Waals surface area (Å²) in [4.78, 5) is 5.41. The number of allylic oxidation sites excluding steroid dienone is 1. The lowest BCUT2D eigenvalue weighted by Gasteiger charge is -2.06. The van der Waals surface area contributed by atoms with Crippen LogP contribution in [0.4, 0.5) is 13.2 Å². The number of aliphatic hydroxyl groups is 1. The number of rotatable bonds is 6. The second-order valence-electron chi connectivity index (χ2n) is 7.12. The number of halogens is 3. The van der Waals surface area contributed by atoms with Crippen molar-refractivity contribution in [1.82, 2.24) is 9.55 Å². The molecule has 0 aliphatic carbocycles. The van der Waals surface area contributed by atoms with Crippen molar-refractivity contribution in [3.63, 3.8) is 0 Å². The second kappa shape index (κ2) is 8.19. The van der Waals surface area contributed by atoms with Gasteiger partial charge in [0, 0.05) is 27.6 Å². The van der Waals surface area contributed by atoms with Gasteiger partial charge in [-0.2, -0.15) is 13.2 Å². The van der Waals surface area contributed by atoms with E-state index in [-0.39, 0.29) is 5.76 Å². The molecule has 0 atom stereocenters. The Morgan fingerprint density at radius 3 is 2.58 bits per heavy atom. The maximum Gasteiger partial charge on any atom is 0.416 e. The minimum Gasteiger partial charge on any atom is -0.511 e. The smallest absolute Gasteiger partial charge is 0.416 e. The number of benzene rings is 2. The third-order valence-corrected chi connectivity index (χ3v) is 5.81. The van der Waals surface area contributed by atoms with Crippen LogP contribution in [0.5, 0.6) is 0 Å². The highest BCUT2D eigenvalue weighted by atomic mass is 32.2. The first kappa shape index (κ1) is 21.1. The van der Waals surface area contributed by atoms with Gasteiger partial charge in [-0.05, 0) is 55.5 Å². The van der Waals surface area contributed by atoms with Crippen molar-refractivity contribution < 1.29 is 22.7 Å². The molecule has 0 aliphatic rings. The zero-order valence-electron chi connectivity index (χ0n) is 16.6. The van der Waals surface area contributed by atoms with Gasteiger partial charge in [0.25, 0.3) is 0 Å². The van der Waals surface area contributed by atoms with Gasteiger partial charge in [0.15, 0.2) is 0 Å². The number of aliphatic hydroxyl groups excluding tert-OH is 1. The van der Waals surface area contributed by atoms with Crippen LogP contribution < -0.4 is 0 Å². The number of aryl methyl sites for hydroxylation is 1. The van der Waals surface area contributed by atoms with Gasteiger partial charge < -0.3 is 14.1 Å². The lowest BCUT2D eigenvalue weighted by atomic mass is 10.1. The van der Waals surface area contributed by atoms with Crippen molar-refractivity contribution in [3.8, 4) is 11.5 Å². The summed E-state index contributed by atoms with van der Waals surface area (Å²) in [5, 5.41) is 10.5. The number of thioether (sulfide) groups is 1. The predicted molar refractivity (Wildman–Crippen MR) is 115 cm³/mol. The first-order valence-corrected chi connectivity index (χ1v) is 10.4. The molecule has 1 N–H and O–H groups in total. The van der Waals surface area contributed by atoms with E-state index in [9.17, 15) is 18.3 Å². The molecule has 0 spiro atoms.